The molecule has 1 amide bonds. The van der Waals surface area contributed by atoms with Gasteiger partial charge in [-0.1, -0.05) is 29.8 Å². The van der Waals surface area contributed by atoms with E-state index >= 15 is 0 Å². The molecule has 1 aromatic heterocycles. The largest absolute Gasteiger partial charge is 0.321 e. The third-order valence-corrected chi connectivity index (χ3v) is 4.53. The maximum absolute atomic E-state index is 12.4. The quantitative estimate of drug-likeness (QED) is 0.740. The van der Waals surface area contributed by atoms with Crippen molar-refractivity contribution >= 4 is 23.2 Å². The smallest absolute Gasteiger partial charge is 0.273 e. The molecule has 4 nitrogen and oxygen atoms in total. The fraction of sp³-hybridized carbons (Fsp3) is 0.158. The predicted molar refractivity (Wildman–Crippen MR) is 95.5 cm³/mol. The minimum atomic E-state index is -0.200. The Balaban J connectivity index is 1.53. The Bertz CT molecular complexity index is 916. The van der Waals surface area contributed by atoms with E-state index in [-0.39, 0.29) is 5.91 Å². The average Bonchev–Trinajstić information content (AvgIpc) is 3.24. The van der Waals surface area contributed by atoms with E-state index in [1.54, 1.807) is 12.1 Å². The molecule has 1 heterocycles. The number of fused-ring (bicyclic) bond motifs is 1. The average molecular weight is 338 g/mol. The molecular formula is C19H16ClN3O. The first-order valence-corrected chi connectivity index (χ1v) is 8.31. The highest BCUT2D eigenvalue weighted by Gasteiger charge is 2.14. The summed E-state index contributed by atoms with van der Waals surface area (Å²) in [5.74, 6) is -0.200. The van der Waals surface area contributed by atoms with E-state index in [9.17, 15) is 4.79 Å². The van der Waals surface area contributed by atoms with Crippen molar-refractivity contribution in [2.75, 3.05) is 5.32 Å². The number of carbonyl (C=O) groups excluding carboxylic acids is 1. The van der Waals surface area contributed by atoms with Crippen LogP contribution in [0.25, 0.3) is 11.3 Å². The Morgan fingerprint density at radius 2 is 1.96 bits per heavy atom. The van der Waals surface area contributed by atoms with Gasteiger partial charge in [0.1, 0.15) is 5.69 Å². The monoisotopic (exact) mass is 337 g/mol. The molecule has 4 rings (SSSR count). The predicted octanol–water partition coefficient (Wildman–Crippen LogP) is 4.47. The van der Waals surface area contributed by atoms with E-state index in [1.165, 1.54) is 17.5 Å². The van der Waals surface area contributed by atoms with Crippen molar-refractivity contribution in [3.63, 3.8) is 0 Å². The normalized spacial score (nSPS) is 12.9. The molecule has 0 bridgehead atoms. The van der Waals surface area contributed by atoms with Gasteiger partial charge in [-0.25, -0.2) is 0 Å². The highest BCUT2D eigenvalue weighted by atomic mass is 35.5. The summed E-state index contributed by atoms with van der Waals surface area (Å²) in [6.45, 7) is 0. The summed E-state index contributed by atoms with van der Waals surface area (Å²) in [5.41, 5.74) is 5.52. The number of halogens is 1. The van der Waals surface area contributed by atoms with Gasteiger partial charge in [0.25, 0.3) is 5.91 Å². The second-order valence-electron chi connectivity index (χ2n) is 5.97. The zero-order chi connectivity index (χ0) is 16.5. The molecule has 0 atom stereocenters. The molecular weight excluding hydrogens is 322 g/mol. The number of aromatic nitrogens is 2. The number of aromatic amines is 1. The van der Waals surface area contributed by atoms with Crippen LogP contribution in [0, 0.1) is 0 Å². The first-order valence-electron chi connectivity index (χ1n) is 7.93. The lowest BCUT2D eigenvalue weighted by atomic mass is 10.1. The molecule has 0 aliphatic heterocycles. The number of H-pyrrole nitrogens is 1. The molecule has 0 saturated carbocycles. The van der Waals surface area contributed by atoms with Crippen LogP contribution < -0.4 is 5.32 Å². The standard InChI is InChI=1S/C19H16ClN3O/c20-15-6-2-5-14(9-15)17-11-18(23-22-17)19(24)21-16-8-7-12-3-1-4-13(12)10-16/h2,5-11H,1,3-4H2,(H,21,24)(H,22,23). The number of nitrogens with zero attached hydrogens (tertiary/aromatic N) is 1. The molecule has 0 fully saturated rings. The molecule has 0 unspecified atom stereocenters. The third-order valence-electron chi connectivity index (χ3n) is 4.30. The molecule has 24 heavy (non-hydrogen) atoms. The highest BCUT2D eigenvalue weighted by Crippen LogP contribution is 2.25. The van der Waals surface area contributed by atoms with E-state index in [2.05, 4.69) is 27.6 Å². The second-order valence-corrected chi connectivity index (χ2v) is 6.40. The van der Waals surface area contributed by atoms with Crippen molar-refractivity contribution in [3.8, 4) is 11.3 Å². The third kappa shape index (κ3) is 2.93. The van der Waals surface area contributed by atoms with Crippen LogP contribution in [0.1, 0.15) is 28.0 Å². The number of rotatable bonds is 3. The van der Waals surface area contributed by atoms with E-state index in [0.717, 1.165) is 24.1 Å². The van der Waals surface area contributed by atoms with Crippen molar-refractivity contribution in [2.24, 2.45) is 0 Å². The van der Waals surface area contributed by atoms with Crippen molar-refractivity contribution in [1.82, 2.24) is 10.2 Å². The molecule has 5 heteroatoms. The summed E-state index contributed by atoms with van der Waals surface area (Å²) in [5, 5.41) is 10.6. The first kappa shape index (κ1) is 15.0. The Kier molecular flexibility index (Phi) is 3.82. The van der Waals surface area contributed by atoms with Crippen LogP contribution in [0.3, 0.4) is 0 Å². The van der Waals surface area contributed by atoms with Crippen LogP contribution in [-0.2, 0) is 12.8 Å². The van der Waals surface area contributed by atoms with Crippen LogP contribution in [0.5, 0.6) is 0 Å². The number of aryl methyl sites for hydroxylation is 2. The number of anilines is 1. The molecule has 120 valence electrons. The van der Waals surface area contributed by atoms with Crippen molar-refractivity contribution in [1.29, 1.82) is 0 Å². The van der Waals surface area contributed by atoms with E-state index in [0.29, 0.717) is 16.4 Å². The summed E-state index contributed by atoms with van der Waals surface area (Å²) >= 11 is 6.00. The summed E-state index contributed by atoms with van der Waals surface area (Å²) < 4.78 is 0. The van der Waals surface area contributed by atoms with Crippen LogP contribution in [0.4, 0.5) is 5.69 Å². The van der Waals surface area contributed by atoms with Gasteiger partial charge in [-0.2, -0.15) is 5.10 Å². The minimum absolute atomic E-state index is 0.200. The van der Waals surface area contributed by atoms with Gasteiger partial charge >= 0.3 is 0 Å². The fourth-order valence-electron chi connectivity index (χ4n) is 3.08. The Labute approximate surface area is 144 Å². The van der Waals surface area contributed by atoms with Gasteiger partial charge in [-0.15, -0.1) is 0 Å². The maximum Gasteiger partial charge on any atom is 0.273 e. The van der Waals surface area contributed by atoms with Gasteiger partial charge in [-0.3, -0.25) is 9.89 Å². The summed E-state index contributed by atoms with van der Waals surface area (Å²) in [4.78, 5) is 12.4. The van der Waals surface area contributed by atoms with Gasteiger partial charge in [0.05, 0.1) is 5.69 Å². The number of hydrogen-bond donors (Lipinski definition) is 2. The van der Waals surface area contributed by atoms with Gasteiger partial charge < -0.3 is 5.32 Å². The summed E-state index contributed by atoms with van der Waals surface area (Å²) in [6.07, 6.45) is 3.41. The number of hydrogen-bond acceptors (Lipinski definition) is 2. The van der Waals surface area contributed by atoms with Gasteiger partial charge in [0.2, 0.25) is 0 Å². The summed E-state index contributed by atoms with van der Waals surface area (Å²) in [6, 6.07) is 15.2. The Hall–Kier alpha value is -2.59. The molecule has 2 aromatic carbocycles. The number of amides is 1. The second kappa shape index (κ2) is 6.13. The van der Waals surface area contributed by atoms with E-state index in [4.69, 9.17) is 11.6 Å². The number of benzene rings is 2. The molecule has 2 N–H and O–H groups in total. The van der Waals surface area contributed by atoms with E-state index in [1.807, 2.05) is 24.3 Å². The minimum Gasteiger partial charge on any atom is -0.321 e. The Morgan fingerprint density at radius 1 is 1.08 bits per heavy atom. The van der Waals surface area contributed by atoms with Crippen LogP contribution in [-0.4, -0.2) is 16.1 Å². The Morgan fingerprint density at radius 3 is 2.83 bits per heavy atom. The molecule has 0 spiro atoms. The molecule has 0 radical (unpaired) electrons. The highest BCUT2D eigenvalue weighted by molar-refractivity contribution is 6.30. The topological polar surface area (TPSA) is 57.8 Å². The van der Waals surface area contributed by atoms with Crippen LogP contribution in [0.15, 0.2) is 48.5 Å². The lowest BCUT2D eigenvalue weighted by Crippen LogP contribution is -2.12. The van der Waals surface area contributed by atoms with Gasteiger partial charge in [0.15, 0.2) is 0 Å². The van der Waals surface area contributed by atoms with Crippen molar-refractivity contribution in [3.05, 3.63) is 70.4 Å². The molecule has 0 saturated heterocycles. The van der Waals surface area contributed by atoms with Crippen LogP contribution >= 0.6 is 11.6 Å². The van der Waals surface area contributed by atoms with E-state index < -0.39 is 0 Å². The number of nitrogens with one attached hydrogen (secondary N) is 2. The van der Waals surface area contributed by atoms with Crippen molar-refractivity contribution in [2.45, 2.75) is 19.3 Å². The first-order chi connectivity index (χ1) is 11.7. The molecule has 1 aliphatic carbocycles. The zero-order valence-electron chi connectivity index (χ0n) is 13.0. The summed E-state index contributed by atoms with van der Waals surface area (Å²) in [7, 11) is 0. The number of carbonyl (C=O) groups is 1. The fourth-order valence-corrected chi connectivity index (χ4v) is 3.27. The molecule has 3 aromatic rings. The lowest BCUT2D eigenvalue weighted by molar-refractivity contribution is 0.102. The van der Waals surface area contributed by atoms with Crippen LogP contribution in [0.2, 0.25) is 5.02 Å². The lowest BCUT2D eigenvalue weighted by Gasteiger charge is -2.06. The molecule has 1 aliphatic rings. The zero-order valence-corrected chi connectivity index (χ0v) is 13.7. The van der Waals surface area contributed by atoms with Crippen molar-refractivity contribution < 1.29 is 4.79 Å². The SMILES string of the molecule is O=C(Nc1ccc2c(c1)CCC2)c1cc(-c2cccc(Cl)c2)n[nH]1. The maximum atomic E-state index is 12.4. The van der Waals surface area contributed by atoms with Gasteiger partial charge in [0, 0.05) is 16.3 Å². The van der Waals surface area contributed by atoms with Gasteiger partial charge in [-0.05, 0) is 60.7 Å².